The zero-order valence-electron chi connectivity index (χ0n) is 14.2. The first-order valence-corrected chi connectivity index (χ1v) is 9.08. The van der Waals surface area contributed by atoms with Crippen LogP contribution in [0.1, 0.15) is 43.0 Å². The van der Waals surface area contributed by atoms with E-state index in [1.807, 2.05) is 42.5 Å². The molecule has 4 atom stereocenters. The van der Waals surface area contributed by atoms with Crippen molar-refractivity contribution in [2.75, 3.05) is 6.61 Å². The van der Waals surface area contributed by atoms with Crippen molar-refractivity contribution in [3.05, 3.63) is 60.1 Å². The van der Waals surface area contributed by atoms with Gasteiger partial charge in [-0.3, -0.25) is 0 Å². The largest absolute Gasteiger partial charge is 0.467 e. The van der Waals surface area contributed by atoms with Crippen molar-refractivity contribution >= 4 is 6.03 Å². The molecular weight excluding hydrogens is 316 g/mol. The van der Waals surface area contributed by atoms with E-state index in [0.29, 0.717) is 12.0 Å². The molecule has 1 aromatic heterocycles. The zero-order valence-corrected chi connectivity index (χ0v) is 14.2. The molecule has 2 amide bonds. The van der Waals surface area contributed by atoms with Crippen LogP contribution in [0.3, 0.4) is 0 Å². The maximum atomic E-state index is 12.7. The van der Waals surface area contributed by atoms with Gasteiger partial charge in [0.25, 0.3) is 0 Å². The number of rotatable bonds is 4. The quantitative estimate of drug-likeness (QED) is 0.893. The van der Waals surface area contributed by atoms with Crippen molar-refractivity contribution in [1.82, 2.24) is 10.6 Å². The number of amides is 2. The fraction of sp³-hybridized carbons (Fsp3) is 0.450. The first kappa shape index (κ1) is 16.2. The van der Waals surface area contributed by atoms with Gasteiger partial charge in [-0.2, -0.15) is 0 Å². The Balaban J connectivity index is 1.46. The van der Waals surface area contributed by atoms with Crippen LogP contribution in [0.2, 0.25) is 0 Å². The molecule has 2 N–H and O–H groups in total. The summed E-state index contributed by atoms with van der Waals surface area (Å²) >= 11 is 0. The van der Waals surface area contributed by atoms with E-state index in [2.05, 4.69) is 10.6 Å². The second-order valence-corrected chi connectivity index (χ2v) is 6.88. The Morgan fingerprint density at radius 1 is 1.08 bits per heavy atom. The standard InChI is InChI=1S/C20H24N2O3/c23-20(21-16-8-4-9-17-15(16)11-13-25-17)22-19(18-10-5-12-24-18)14-6-2-1-3-7-14/h1-3,5-7,10,12,15-17,19H,4,8-9,11,13H2,(H2,21,22,23)/t15-,16+,17+,19+/m0/s1. The summed E-state index contributed by atoms with van der Waals surface area (Å²) in [5, 5.41) is 6.26. The first-order chi connectivity index (χ1) is 12.3. The smallest absolute Gasteiger partial charge is 0.315 e. The van der Waals surface area contributed by atoms with Crippen molar-refractivity contribution in [3.63, 3.8) is 0 Å². The molecule has 2 aliphatic rings. The number of nitrogens with one attached hydrogen (secondary N) is 2. The molecule has 5 heteroatoms. The Kier molecular flexibility index (Phi) is 4.74. The van der Waals surface area contributed by atoms with Gasteiger partial charge >= 0.3 is 6.03 Å². The zero-order chi connectivity index (χ0) is 17.1. The van der Waals surface area contributed by atoms with Gasteiger partial charge in [-0.15, -0.1) is 0 Å². The number of hydrogen-bond donors (Lipinski definition) is 2. The lowest BCUT2D eigenvalue weighted by atomic mass is 9.82. The fourth-order valence-electron chi connectivity index (χ4n) is 4.12. The van der Waals surface area contributed by atoms with Gasteiger partial charge < -0.3 is 19.8 Å². The molecule has 0 unspecified atom stereocenters. The maximum Gasteiger partial charge on any atom is 0.315 e. The third-order valence-electron chi connectivity index (χ3n) is 5.33. The second-order valence-electron chi connectivity index (χ2n) is 6.88. The lowest BCUT2D eigenvalue weighted by Crippen LogP contribution is -2.49. The van der Waals surface area contributed by atoms with E-state index < -0.39 is 0 Å². The summed E-state index contributed by atoms with van der Waals surface area (Å²) in [6.45, 7) is 0.814. The summed E-state index contributed by atoms with van der Waals surface area (Å²) in [7, 11) is 0. The van der Waals surface area contributed by atoms with Gasteiger partial charge in [0.1, 0.15) is 11.8 Å². The van der Waals surface area contributed by atoms with Gasteiger partial charge in [0.05, 0.1) is 12.4 Å². The highest BCUT2D eigenvalue weighted by Crippen LogP contribution is 2.34. The predicted molar refractivity (Wildman–Crippen MR) is 94.1 cm³/mol. The number of benzene rings is 1. The van der Waals surface area contributed by atoms with E-state index in [4.69, 9.17) is 9.15 Å². The van der Waals surface area contributed by atoms with E-state index in [1.165, 1.54) is 0 Å². The Bertz CT molecular complexity index is 686. The summed E-state index contributed by atoms with van der Waals surface area (Å²) in [6, 6.07) is 13.4. The molecular formula is C20H24N2O3. The van der Waals surface area contributed by atoms with Crippen LogP contribution >= 0.6 is 0 Å². The second kappa shape index (κ2) is 7.31. The van der Waals surface area contributed by atoms with Crippen LogP contribution < -0.4 is 10.6 Å². The van der Waals surface area contributed by atoms with Crippen molar-refractivity contribution in [2.45, 2.75) is 43.9 Å². The van der Waals surface area contributed by atoms with Gasteiger partial charge in [0.15, 0.2) is 0 Å². The third kappa shape index (κ3) is 3.56. The molecule has 5 nitrogen and oxygen atoms in total. The highest BCUT2D eigenvalue weighted by molar-refractivity contribution is 5.75. The lowest BCUT2D eigenvalue weighted by molar-refractivity contribution is 0.0549. The minimum atomic E-state index is -0.296. The lowest BCUT2D eigenvalue weighted by Gasteiger charge is -2.33. The summed E-state index contributed by atoms with van der Waals surface area (Å²) < 4.78 is 11.3. The Morgan fingerprint density at radius 3 is 2.76 bits per heavy atom. The molecule has 2 aromatic rings. The van der Waals surface area contributed by atoms with Crippen LogP contribution in [-0.2, 0) is 4.74 Å². The molecule has 1 aromatic carbocycles. The molecule has 132 valence electrons. The van der Waals surface area contributed by atoms with E-state index in [9.17, 15) is 4.79 Å². The highest BCUT2D eigenvalue weighted by atomic mass is 16.5. The average Bonchev–Trinajstić information content (AvgIpc) is 3.32. The number of furan rings is 1. The summed E-state index contributed by atoms with van der Waals surface area (Å²) in [6.07, 6.45) is 6.22. The third-order valence-corrected chi connectivity index (χ3v) is 5.33. The minimum Gasteiger partial charge on any atom is -0.467 e. The van der Waals surface area contributed by atoms with Crippen LogP contribution in [-0.4, -0.2) is 24.8 Å². The number of carbonyl (C=O) groups excluding carboxylic acids is 1. The van der Waals surface area contributed by atoms with Gasteiger partial charge in [0.2, 0.25) is 0 Å². The Morgan fingerprint density at radius 2 is 1.96 bits per heavy atom. The van der Waals surface area contributed by atoms with Gasteiger partial charge in [-0.1, -0.05) is 30.3 Å². The molecule has 25 heavy (non-hydrogen) atoms. The molecule has 0 spiro atoms. The van der Waals surface area contributed by atoms with E-state index in [0.717, 1.165) is 43.6 Å². The summed E-state index contributed by atoms with van der Waals surface area (Å²) in [5.74, 6) is 1.17. The van der Waals surface area contributed by atoms with E-state index in [1.54, 1.807) is 6.26 Å². The SMILES string of the molecule is O=C(N[C@H](c1ccccc1)c1ccco1)N[C@@H]1CCC[C@H]2OCC[C@@H]12. The number of hydrogen-bond acceptors (Lipinski definition) is 3. The number of fused-ring (bicyclic) bond motifs is 1. The van der Waals surface area contributed by atoms with Crippen LogP contribution in [0.15, 0.2) is 53.1 Å². The van der Waals surface area contributed by atoms with Crippen LogP contribution in [0.4, 0.5) is 4.79 Å². The molecule has 0 bridgehead atoms. The van der Waals surface area contributed by atoms with Gasteiger partial charge in [0, 0.05) is 18.6 Å². The molecule has 1 saturated heterocycles. The summed E-state index contributed by atoms with van der Waals surface area (Å²) in [4.78, 5) is 12.7. The highest BCUT2D eigenvalue weighted by Gasteiger charge is 2.38. The van der Waals surface area contributed by atoms with Crippen LogP contribution in [0, 0.1) is 5.92 Å². The predicted octanol–water partition coefficient (Wildman–Crippen LogP) is 3.63. The van der Waals surface area contributed by atoms with E-state index in [-0.39, 0.29) is 18.1 Å². The fourth-order valence-corrected chi connectivity index (χ4v) is 4.12. The van der Waals surface area contributed by atoms with Crippen molar-refractivity contribution in [3.8, 4) is 0 Å². The number of carbonyl (C=O) groups is 1. The molecule has 2 fully saturated rings. The Labute approximate surface area is 147 Å². The van der Waals surface area contributed by atoms with Crippen molar-refractivity contribution in [2.24, 2.45) is 5.92 Å². The molecule has 1 aliphatic heterocycles. The summed E-state index contributed by atoms with van der Waals surface area (Å²) in [5.41, 5.74) is 0.998. The van der Waals surface area contributed by atoms with E-state index >= 15 is 0 Å². The minimum absolute atomic E-state index is 0.150. The topological polar surface area (TPSA) is 63.5 Å². The molecule has 1 saturated carbocycles. The average molecular weight is 340 g/mol. The Hall–Kier alpha value is -2.27. The number of urea groups is 1. The molecule has 1 aliphatic carbocycles. The van der Waals surface area contributed by atoms with Crippen molar-refractivity contribution < 1.29 is 13.9 Å². The van der Waals surface area contributed by atoms with Gasteiger partial charge in [-0.05, 0) is 43.4 Å². The maximum absolute atomic E-state index is 12.7. The first-order valence-electron chi connectivity index (χ1n) is 9.08. The normalized spacial score (nSPS) is 26.6. The molecule has 2 heterocycles. The van der Waals surface area contributed by atoms with Crippen LogP contribution in [0.25, 0.3) is 0 Å². The molecule has 4 rings (SSSR count). The van der Waals surface area contributed by atoms with Crippen molar-refractivity contribution in [1.29, 1.82) is 0 Å². The van der Waals surface area contributed by atoms with Gasteiger partial charge in [-0.25, -0.2) is 4.79 Å². The number of ether oxygens (including phenoxy) is 1. The monoisotopic (exact) mass is 340 g/mol. The molecule has 0 radical (unpaired) electrons. The van der Waals surface area contributed by atoms with Crippen LogP contribution in [0.5, 0.6) is 0 Å².